The number of amides is 2. The smallest absolute Gasteiger partial charge is 0.331 e. The molecule has 0 unspecified atom stereocenters. The molecule has 2 aromatic heterocycles. The zero-order valence-electron chi connectivity index (χ0n) is 41.7. The zero-order chi connectivity index (χ0) is 54.3. The van der Waals surface area contributed by atoms with E-state index in [2.05, 4.69) is 20.6 Å². The summed E-state index contributed by atoms with van der Waals surface area (Å²) in [6.45, 7) is 6.03. The summed E-state index contributed by atoms with van der Waals surface area (Å²) in [4.78, 5) is 80.9. The Balaban J connectivity index is 0.000000276. The molecule has 2 amide bonds. The van der Waals surface area contributed by atoms with Gasteiger partial charge in [0.05, 0.1) is 25.5 Å². The average molecular weight is 1070 g/mol. The second-order valence-corrected chi connectivity index (χ2v) is 21.0. The lowest BCUT2D eigenvalue weighted by atomic mass is 10.1. The predicted octanol–water partition coefficient (Wildman–Crippen LogP) is 5.75. The van der Waals surface area contributed by atoms with E-state index < -0.39 is 72.6 Å². The number of hydrogen-bond acceptors (Lipinski definition) is 14. The Morgan fingerprint density at radius 3 is 1.27 bits per heavy atom. The number of nitrogens with zero attached hydrogens (tertiary/aromatic N) is 6. The number of carbonyl (C=O) groups is 2. The number of aromatic hydroxyl groups is 2. The van der Waals surface area contributed by atoms with Crippen molar-refractivity contribution in [1.29, 1.82) is 0 Å². The number of rotatable bonds is 22. The average Bonchev–Trinajstić information content (AvgIpc) is 3.36. The van der Waals surface area contributed by atoms with E-state index in [0.29, 0.717) is 55.1 Å². The van der Waals surface area contributed by atoms with Gasteiger partial charge in [0.2, 0.25) is 11.5 Å². The van der Waals surface area contributed by atoms with E-state index in [4.69, 9.17) is 18.8 Å². The fourth-order valence-electron chi connectivity index (χ4n) is 7.20. The molecule has 0 aliphatic rings. The summed E-state index contributed by atoms with van der Waals surface area (Å²) in [7, 11) is -0.676. The Labute approximate surface area is 426 Å². The molecule has 4 aromatic carbocycles. The van der Waals surface area contributed by atoms with Crippen LogP contribution in [0.1, 0.15) is 57.1 Å². The SMILES string of the molecule is CCOP(=O)(CCN(C)Cc1ccc(-c2nc(C(=O)NCc3ccc(F)cc3)c(O)c(=O)n2C)cc1)OCC.CN(CCP(=O)(O)O)Cc1ccc(-c2nc(C(=O)NCc3ccc(F)cc3)c(O)c(=O)n2C)cc1. The number of carbonyl (C=O) groups excluding carboxylic acids is 2. The summed E-state index contributed by atoms with van der Waals surface area (Å²) < 4.78 is 62.9. The van der Waals surface area contributed by atoms with Crippen LogP contribution in [0.15, 0.2) is 107 Å². The molecule has 6 aromatic rings. The molecule has 6 N–H and O–H groups in total. The molecule has 0 aliphatic carbocycles. The van der Waals surface area contributed by atoms with Gasteiger partial charge in [0.15, 0.2) is 11.4 Å². The van der Waals surface area contributed by atoms with E-state index in [1.807, 2.05) is 24.1 Å². The molecule has 0 aliphatic heterocycles. The van der Waals surface area contributed by atoms with Crippen LogP contribution < -0.4 is 21.8 Å². The van der Waals surface area contributed by atoms with Crippen LogP contribution in [-0.2, 0) is 58.5 Å². The number of halogens is 2. The molecule has 0 saturated carbocycles. The maximum absolute atomic E-state index is 13.1. The third kappa shape index (κ3) is 16.6. The first-order chi connectivity index (χ1) is 35.0. The third-order valence-corrected chi connectivity index (χ3v) is 14.0. The molecule has 0 saturated heterocycles. The highest BCUT2D eigenvalue weighted by Crippen LogP contribution is 2.47. The molecule has 0 spiro atoms. The molecule has 74 heavy (non-hydrogen) atoms. The van der Waals surface area contributed by atoms with Gasteiger partial charge in [-0.25, -0.2) is 18.7 Å². The predicted molar refractivity (Wildman–Crippen MR) is 274 cm³/mol. The van der Waals surface area contributed by atoms with Crippen LogP contribution in [0, 0.1) is 11.6 Å². The Hall–Kier alpha value is -6.74. The summed E-state index contributed by atoms with van der Waals surface area (Å²) in [5, 5.41) is 25.7. The lowest BCUT2D eigenvalue weighted by Crippen LogP contribution is -2.29. The molecule has 24 heteroatoms. The van der Waals surface area contributed by atoms with Crippen LogP contribution in [-0.4, -0.2) is 113 Å². The zero-order valence-corrected chi connectivity index (χ0v) is 43.5. The number of nitrogens with one attached hydrogen (secondary N) is 2. The minimum absolute atomic E-state index is 0.0506. The molecule has 0 fully saturated rings. The van der Waals surface area contributed by atoms with Crippen molar-refractivity contribution in [1.82, 2.24) is 39.5 Å². The Kier molecular flexibility index (Phi) is 20.8. The van der Waals surface area contributed by atoms with Gasteiger partial charge in [-0.05, 0) is 74.5 Å². The van der Waals surface area contributed by atoms with Crippen molar-refractivity contribution < 1.29 is 56.5 Å². The molecule has 6 rings (SSSR count). The van der Waals surface area contributed by atoms with E-state index in [1.54, 1.807) is 62.2 Å². The van der Waals surface area contributed by atoms with E-state index >= 15 is 0 Å². The number of benzene rings is 4. The third-order valence-electron chi connectivity index (χ3n) is 11.2. The van der Waals surface area contributed by atoms with E-state index in [-0.39, 0.29) is 43.6 Å². The van der Waals surface area contributed by atoms with Crippen LogP contribution in [0.3, 0.4) is 0 Å². The van der Waals surface area contributed by atoms with Gasteiger partial charge in [-0.1, -0.05) is 72.8 Å². The first kappa shape index (κ1) is 58.2. The standard InChI is InChI=1S/C27H34FN4O6P.C23H26FN4O6P/c1-5-37-39(36,38-6-2)16-15-31(3)18-20-7-11-21(12-8-20)25-30-23(24(33)27(35)32(25)4)26(34)29-17-19-9-13-22(28)14-10-19;1-27(11-12-35(32,33)34)14-16-3-7-17(8-4-16)21-26-19(20(29)23(31)28(21)2)22(30)25-13-15-5-9-18(24)10-6-15/h7-14,33H,5-6,15-18H2,1-4H3,(H,29,34);3-10,29H,11-14H2,1-2H3,(H,25,30)(H2,32,33,34). The van der Waals surface area contributed by atoms with E-state index in [9.17, 15) is 47.3 Å². The largest absolute Gasteiger partial charge is 0.501 e. The van der Waals surface area contributed by atoms with Gasteiger partial charge in [-0.3, -0.25) is 37.4 Å². The van der Waals surface area contributed by atoms with Crippen molar-refractivity contribution in [3.63, 3.8) is 0 Å². The molecule has 0 bridgehead atoms. The molecule has 396 valence electrons. The van der Waals surface area contributed by atoms with E-state index in [1.165, 1.54) is 67.2 Å². The Morgan fingerprint density at radius 1 is 0.595 bits per heavy atom. The highest BCUT2D eigenvalue weighted by atomic mass is 31.2. The molecular weight excluding hydrogens is 1000 g/mol. The quantitative estimate of drug-likeness (QED) is 0.0442. The summed E-state index contributed by atoms with van der Waals surface area (Å²) in [6.07, 6.45) is 0.0297. The number of hydrogen-bond donors (Lipinski definition) is 6. The van der Waals surface area contributed by atoms with Crippen LogP contribution in [0.2, 0.25) is 0 Å². The topological polar surface area (TPSA) is 268 Å². The first-order valence-corrected chi connectivity index (χ1v) is 26.7. The molecule has 0 radical (unpaired) electrons. The fourth-order valence-corrected chi connectivity index (χ4v) is 9.51. The number of aromatic nitrogens is 4. The maximum Gasteiger partial charge on any atom is 0.331 e. The Morgan fingerprint density at radius 2 is 0.932 bits per heavy atom. The van der Waals surface area contributed by atoms with Gasteiger partial charge in [-0.2, -0.15) is 0 Å². The highest BCUT2D eigenvalue weighted by Gasteiger charge is 2.25. The first-order valence-electron chi connectivity index (χ1n) is 23.1. The lowest BCUT2D eigenvalue weighted by molar-refractivity contribution is 0.0934. The minimum Gasteiger partial charge on any atom is -0.501 e. The minimum atomic E-state index is -4.07. The van der Waals surface area contributed by atoms with Gasteiger partial charge in [-0.15, -0.1) is 0 Å². The van der Waals surface area contributed by atoms with Gasteiger partial charge >= 0.3 is 15.2 Å². The second kappa shape index (κ2) is 26.5. The highest BCUT2D eigenvalue weighted by molar-refractivity contribution is 7.53. The van der Waals surface area contributed by atoms with Crippen molar-refractivity contribution in [2.75, 3.05) is 52.7 Å². The van der Waals surface area contributed by atoms with Crippen molar-refractivity contribution in [3.8, 4) is 34.3 Å². The van der Waals surface area contributed by atoms with Gasteiger partial charge < -0.3 is 49.5 Å². The second-order valence-electron chi connectivity index (χ2n) is 17.0. The van der Waals surface area contributed by atoms with Crippen molar-refractivity contribution in [2.45, 2.75) is 40.0 Å². The molecule has 20 nitrogen and oxygen atoms in total. The van der Waals surface area contributed by atoms with Gasteiger partial charge in [0.1, 0.15) is 23.3 Å². The Bertz CT molecular complexity index is 3090. The van der Waals surface area contributed by atoms with Gasteiger partial charge in [0.25, 0.3) is 22.9 Å². The normalized spacial score (nSPS) is 11.6. The van der Waals surface area contributed by atoms with Crippen LogP contribution in [0.25, 0.3) is 22.8 Å². The van der Waals surface area contributed by atoms with Gasteiger partial charge in [0, 0.05) is 64.5 Å². The summed E-state index contributed by atoms with van der Waals surface area (Å²) in [5.41, 5.74) is 1.83. The van der Waals surface area contributed by atoms with Crippen molar-refractivity contribution in [2.24, 2.45) is 14.1 Å². The maximum atomic E-state index is 13.1. The lowest BCUT2D eigenvalue weighted by Gasteiger charge is -2.21. The van der Waals surface area contributed by atoms with Crippen LogP contribution in [0.4, 0.5) is 8.78 Å². The van der Waals surface area contributed by atoms with Crippen molar-refractivity contribution in [3.05, 3.63) is 163 Å². The van der Waals surface area contributed by atoms with Crippen LogP contribution in [0.5, 0.6) is 11.5 Å². The summed E-state index contributed by atoms with van der Waals surface area (Å²) >= 11 is 0. The molecule has 2 heterocycles. The molecule has 0 atom stereocenters. The fraction of sp³-hybridized carbons (Fsp3) is 0.320. The monoisotopic (exact) mass is 1060 g/mol. The summed E-state index contributed by atoms with van der Waals surface area (Å²) in [6, 6.07) is 25.3. The van der Waals surface area contributed by atoms with Crippen molar-refractivity contribution >= 4 is 27.0 Å². The molecular formula is C50H60F2N8O12P2. The summed E-state index contributed by atoms with van der Waals surface area (Å²) in [5.74, 6) is -3.45. The van der Waals surface area contributed by atoms with E-state index in [0.717, 1.165) is 15.7 Å². The van der Waals surface area contributed by atoms with Crippen LogP contribution >= 0.6 is 15.2 Å².